The topological polar surface area (TPSA) is 48.6 Å². The summed E-state index contributed by atoms with van der Waals surface area (Å²) < 4.78 is 32.2. The van der Waals surface area contributed by atoms with Gasteiger partial charge in [0.15, 0.2) is 17.7 Å². The summed E-state index contributed by atoms with van der Waals surface area (Å²) in [6.07, 6.45) is 1.02. The molecule has 1 N–H and O–H groups in total. The summed E-state index contributed by atoms with van der Waals surface area (Å²) in [4.78, 5) is 19.6. The average Bonchev–Trinajstić information content (AvgIpc) is 3.12. The molecule has 0 aliphatic carbocycles. The van der Waals surface area contributed by atoms with E-state index in [0.29, 0.717) is 13.1 Å². The van der Waals surface area contributed by atoms with Crippen molar-refractivity contribution >= 4 is 5.91 Å². The molecule has 0 unspecified atom stereocenters. The fourth-order valence-electron chi connectivity index (χ4n) is 2.91. The first-order chi connectivity index (χ1) is 12.0. The minimum Gasteiger partial charge on any atom is -0.478 e. The molecule has 2 heterocycles. The van der Waals surface area contributed by atoms with Crippen LogP contribution in [0.5, 0.6) is 5.75 Å². The van der Waals surface area contributed by atoms with Crippen molar-refractivity contribution in [3.63, 3.8) is 0 Å². The number of hydrogen-bond donors (Lipinski definition) is 1. The van der Waals surface area contributed by atoms with Crippen LogP contribution in [0, 0.1) is 11.6 Å². The van der Waals surface area contributed by atoms with Gasteiger partial charge in [0, 0.05) is 44.6 Å². The van der Waals surface area contributed by atoms with Crippen molar-refractivity contribution < 1.29 is 18.3 Å². The smallest absolute Gasteiger partial charge is 0.263 e. The number of piperazine rings is 1. The van der Waals surface area contributed by atoms with Gasteiger partial charge in [0.05, 0.1) is 0 Å². The van der Waals surface area contributed by atoms with E-state index >= 15 is 0 Å². The molecule has 1 amide bonds. The summed E-state index contributed by atoms with van der Waals surface area (Å²) in [5.41, 5.74) is 1.14. The molecule has 25 heavy (non-hydrogen) atoms. The Morgan fingerprint density at radius 3 is 2.64 bits per heavy atom. The minimum atomic E-state index is -1.07. The molecule has 1 atom stereocenters. The van der Waals surface area contributed by atoms with Gasteiger partial charge in [-0.15, -0.1) is 0 Å². The Labute approximate surface area is 145 Å². The Hall–Kier alpha value is -2.41. The van der Waals surface area contributed by atoms with Crippen LogP contribution < -0.4 is 4.74 Å². The third kappa shape index (κ3) is 4.17. The monoisotopic (exact) mass is 349 g/mol. The number of H-pyrrole nitrogens is 1. The molecule has 0 bridgehead atoms. The van der Waals surface area contributed by atoms with Crippen LogP contribution in [0.25, 0.3) is 0 Å². The number of benzene rings is 1. The lowest BCUT2D eigenvalue weighted by Crippen LogP contribution is -2.51. The third-order valence-corrected chi connectivity index (χ3v) is 4.31. The van der Waals surface area contributed by atoms with E-state index < -0.39 is 17.7 Å². The second-order valence-electron chi connectivity index (χ2n) is 6.11. The van der Waals surface area contributed by atoms with Crippen LogP contribution in [0.1, 0.15) is 12.6 Å². The number of hydrogen-bond acceptors (Lipinski definition) is 3. The molecule has 1 aliphatic heterocycles. The number of rotatable bonds is 5. The zero-order valence-electron chi connectivity index (χ0n) is 14.0. The zero-order chi connectivity index (χ0) is 17.8. The Kier molecular flexibility index (Phi) is 5.33. The van der Waals surface area contributed by atoms with E-state index in [9.17, 15) is 13.6 Å². The molecule has 5 nitrogen and oxygen atoms in total. The van der Waals surface area contributed by atoms with Gasteiger partial charge in [-0.3, -0.25) is 9.69 Å². The highest BCUT2D eigenvalue weighted by molar-refractivity contribution is 5.81. The van der Waals surface area contributed by atoms with Crippen molar-refractivity contribution in [2.45, 2.75) is 19.6 Å². The quantitative estimate of drug-likeness (QED) is 0.902. The molecule has 1 aliphatic rings. The predicted molar refractivity (Wildman–Crippen MR) is 89.1 cm³/mol. The van der Waals surface area contributed by atoms with Crippen LogP contribution in [0.4, 0.5) is 8.78 Å². The lowest BCUT2D eigenvalue weighted by Gasteiger charge is -2.35. The van der Waals surface area contributed by atoms with Crippen LogP contribution in [0.15, 0.2) is 36.5 Å². The first kappa shape index (κ1) is 17.4. The summed E-state index contributed by atoms with van der Waals surface area (Å²) in [6.45, 7) is 5.04. The van der Waals surface area contributed by atoms with Crippen molar-refractivity contribution in [3.8, 4) is 5.75 Å². The van der Waals surface area contributed by atoms with Crippen LogP contribution in [-0.4, -0.2) is 53.0 Å². The molecule has 1 saturated heterocycles. The molecular weight excluding hydrogens is 328 g/mol. The number of aromatic amines is 1. The Morgan fingerprint density at radius 2 is 1.96 bits per heavy atom. The number of carbonyl (C=O) groups is 1. The number of aromatic nitrogens is 1. The van der Waals surface area contributed by atoms with E-state index in [1.807, 2.05) is 18.3 Å². The largest absolute Gasteiger partial charge is 0.478 e. The molecule has 1 aromatic heterocycles. The first-order valence-electron chi connectivity index (χ1n) is 8.28. The van der Waals surface area contributed by atoms with E-state index in [-0.39, 0.29) is 11.7 Å². The summed E-state index contributed by atoms with van der Waals surface area (Å²) in [5, 5.41) is 0. The number of carbonyl (C=O) groups excluding carboxylic acids is 1. The number of nitrogens with zero attached hydrogens (tertiary/aromatic N) is 2. The predicted octanol–water partition coefficient (Wildman–Crippen LogP) is 2.40. The molecule has 0 radical (unpaired) electrons. The fourth-order valence-corrected chi connectivity index (χ4v) is 2.91. The molecular formula is C18H21F2N3O2. The molecule has 0 saturated carbocycles. The Balaban J connectivity index is 1.52. The van der Waals surface area contributed by atoms with Gasteiger partial charge in [-0.1, -0.05) is 6.07 Å². The molecule has 7 heteroatoms. The molecule has 1 aromatic carbocycles. The van der Waals surface area contributed by atoms with Crippen molar-refractivity contribution in [2.24, 2.45) is 0 Å². The standard InChI is InChI=1S/C18H21F2N3O2/c1-13(25-16-6-2-5-15(19)17(16)20)18(24)23-10-8-22(9-11-23)12-14-4-3-7-21-14/h2-7,13,21H,8-12H2,1H3/t13-/m1/s1. The van der Waals surface area contributed by atoms with Gasteiger partial charge < -0.3 is 14.6 Å². The first-order valence-corrected chi connectivity index (χ1v) is 8.28. The molecule has 134 valence electrons. The number of ether oxygens (including phenoxy) is 1. The zero-order valence-corrected chi connectivity index (χ0v) is 14.0. The molecule has 0 spiro atoms. The Morgan fingerprint density at radius 1 is 1.20 bits per heavy atom. The van der Waals surface area contributed by atoms with Crippen molar-refractivity contribution in [1.29, 1.82) is 0 Å². The van der Waals surface area contributed by atoms with Crippen LogP contribution >= 0.6 is 0 Å². The number of nitrogens with one attached hydrogen (secondary N) is 1. The van der Waals surface area contributed by atoms with Gasteiger partial charge in [0.25, 0.3) is 5.91 Å². The van der Waals surface area contributed by atoms with Gasteiger partial charge >= 0.3 is 0 Å². The van der Waals surface area contributed by atoms with Gasteiger partial charge in [-0.25, -0.2) is 4.39 Å². The van der Waals surface area contributed by atoms with Crippen LogP contribution in [0.3, 0.4) is 0 Å². The molecule has 1 fully saturated rings. The molecule has 3 rings (SSSR count). The lowest BCUT2D eigenvalue weighted by atomic mass is 10.2. The average molecular weight is 349 g/mol. The highest BCUT2D eigenvalue weighted by Gasteiger charge is 2.27. The van der Waals surface area contributed by atoms with E-state index in [0.717, 1.165) is 31.4 Å². The lowest BCUT2D eigenvalue weighted by molar-refractivity contribution is -0.139. The van der Waals surface area contributed by atoms with E-state index in [1.165, 1.54) is 12.1 Å². The molecule has 2 aromatic rings. The SMILES string of the molecule is C[C@@H](Oc1cccc(F)c1F)C(=O)N1CCN(Cc2ccc[nH]2)CC1. The second kappa shape index (κ2) is 7.65. The van der Waals surface area contributed by atoms with Gasteiger partial charge in [-0.2, -0.15) is 4.39 Å². The summed E-state index contributed by atoms with van der Waals surface area (Å²) in [6, 6.07) is 7.67. The minimum absolute atomic E-state index is 0.219. The van der Waals surface area contributed by atoms with E-state index in [2.05, 4.69) is 9.88 Å². The summed E-state index contributed by atoms with van der Waals surface area (Å²) in [7, 11) is 0. The highest BCUT2D eigenvalue weighted by atomic mass is 19.2. The maximum atomic E-state index is 13.7. The van der Waals surface area contributed by atoms with Crippen LogP contribution in [-0.2, 0) is 11.3 Å². The van der Waals surface area contributed by atoms with E-state index in [4.69, 9.17) is 4.74 Å². The number of halogens is 2. The van der Waals surface area contributed by atoms with Gasteiger partial charge in [0.1, 0.15) is 0 Å². The fraction of sp³-hybridized carbons (Fsp3) is 0.389. The van der Waals surface area contributed by atoms with Crippen molar-refractivity contribution in [3.05, 3.63) is 53.9 Å². The maximum absolute atomic E-state index is 13.7. The maximum Gasteiger partial charge on any atom is 0.263 e. The van der Waals surface area contributed by atoms with Crippen molar-refractivity contribution in [2.75, 3.05) is 26.2 Å². The summed E-state index contributed by atoms with van der Waals surface area (Å²) in [5.74, 6) is -2.53. The number of amides is 1. The normalized spacial score (nSPS) is 16.7. The third-order valence-electron chi connectivity index (χ3n) is 4.31. The van der Waals surface area contributed by atoms with Crippen molar-refractivity contribution in [1.82, 2.24) is 14.8 Å². The highest BCUT2D eigenvalue weighted by Crippen LogP contribution is 2.21. The summed E-state index contributed by atoms with van der Waals surface area (Å²) >= 11 is 0. The van der Waals surface area contributed by atoms with Crippen LogP contribution in [0.2, 0.25) is 0 Å². The van der Waals surface area contributed by atoms with Gasteiger partial charge in [-0.05, 0) is 31.2 Å². The Bertz CT molecular complexity index is 713. The second-order valence-corrected chi connectivity index (χ2v) is 6.11. The van der Waals surface area contributed by atoms with Gasteiger partial charge in [0.2, 0.25) is 5.82 Å². The van der Waals surface area contributed by atoms with E-state index in [1.54, 1.807) is 11.8 Å².